The molecule has 5 nitrogen and oxygen atoms in total. The van der Waals surface area contributed by atoms with E-state index in [1.165, 1.54) is 29.7 Å². The Morgan fingerprint density at radius 3 is 2.72 bits per heavy atom. The summed E-state index contributed by atoms with van der Waals surface area (Å²) in [5.41, 5.74) is 7.15. The van der Waals surface area contributed by atoms with Gasteiger partial charge in [-0.25, -0.2) is 4.98 Å². The first kappa shape index (κ1) is 19.7. The minimum atomic E-state index is -0.132. The zero-order valence-corrected chi connectivity index (χ0v) is 15.9. The van der Waals surface area contributed by atoms with E-state index >= 15 is 0 Å². The van der Waals surface area contributed by atoms with Crippen LogP contribution in [0.1, 0.15) is 46.7 Å². The third-order valence-corrected chi connectivity index (χ3v) is 5.66. The van der Waals surface area contributed by atoms with Crippen molar-refractivity contribution in [2.75, 3.05) is 13.7 Å². The predicted molar refractivity (Wildman–Crippen MR) is 103 cm³/mol. The van der Waals surface area contributed by atoms with Gasteiger partial charge in [0.2, 0.25) is 0 Å². The second-order valence-electron chi connectivity index (χ2n) is 6.20. The van der Waals surface area contributed by atoms with Crippen molar-refractivity contribution >= 4 is 29.7 Å². The normalized spacial score (nSPS) is 15.4. The summed E-state index contributed by atoms with van der Waals surface area (Å²) in [6, 6.07) is 8.12. The maximum Gasteiger partial charge on any atom is 0.270 e. The van der Waals surface area contributed by atoms with Gasteiger partial charge in [-0.1, -0.05) is 31.0 Å². The summed E-state index contributed by atoms with van der Waals surface area (Å²) in [5, 5.41) is 5.62. The van der Waals surface area contributed by atoms with Gasteiger partial charge in [0.1, 0.15) is 16.5 Å². The van der Waals surface area contributed by atoms with Crippen LogP contribution in [0.25, 0.3) is 0 Å². The van der Waals surface area contributed by atoms with Gasteiger partial charge in [-0.05, 0) is 18.9 Å². The number of amides is 1. The molecule has 7 heteroatoms. The Morgan fingerprint density at radius 1 is 1.36 bits per heavy atom. The number of rotatable bonds is 6. The van der Waals surface area contributed by atoms with E-state index in [1.807, 2.05) is 18.2 Å². The lowest BCUT2D eigenvalue weighted by molar-refractivity contribution is 0.0938. The summed E-state index contributed by atoms with van der Waals surface area (Å²) in [5.74, 6) is 0.764. The van der Waals surface area contributed by atoms with Gasteiger partial charge in [0.25, 0.3) is 5.91 Å². The number of benzene rings is 1. The molecule has 136 valence electrons. The molecular weight excluding hydrogens is 358 g/mol. The van der Waals surface area contributed by atoms with E-state index in [0.29, 0.717) is 18.8 Å². The molecule has 25 heavy (non-hydrogen) atoms. The minimum Gasteiger partial charge on any atom is -0.496 e. The molecule has 1 aromatic heterocycles. The molecular formula is C18H24ClN3O2S. The predicted octanol–water partition coefficient (Wildman–Crippen LogP) is 3.27. The first-order valence-corrected chi connectivity index (χ1v) is 9.13. The van der Waals surface area contributed by atoms with Gasteiger partial charge in [0.05, 0.1) is 7.11 Å². The number of carbonyl (C=O) groups is 1. The fourth-order valence-corrected chi connectivity index (χ4v) is 4.18. The number of halogens is 1. The quantitative estimate of drug-likeness (QED) is 0.805. The fraction of sp³-hybridized carbons (Fsp3) is 0.444. The van der Waals surface area contributed by atoms with E-state index in [9.17, 15) is 4.79 Å². The van der Waals surface area contributed by atoms with Crippen LogP contribution in [0.2, 0.25) is 0 Å². The average Bonchev–Trinajstić information content (AvgIpc) is 3.29. The number of para-hydroxylation sites is 1. The van der Waals surface area contributed by atoms with Crippen molar-refractivity contribution < 1.29 is 9.53 Å². The van der Waals surface area contributed by atoms with Crippen molar-refractivity contribution in [2.24, 2.45) is 5.73 Å². The van der Waals surface area contributed by atoms with Crippen LogP contribution in [0.4, 0.5) is 0 Å². The maximum absolute atomic E-state index is 12.4. The van der Waals surface area contributed by atoms with Crippen LogP contribution < -0.4 is 15.8 Å². The molecule has 0 radical (unpaired) electrons. The lowest BCUT2D eigenvalue weighted by Gasteiger charge is -2.31. The van der Waals surface area contributed by atoms with Crippen LogP contribution >= 0.6 is 23.7 Å². The fourth-order valence-electron chi connectivity index (χ4n) is 3.52. The van der Waals surface area contributed by atoms with Gasteiger partial charge in [-0.15, -0.1) is 23.7 Å². The third kappa shape index (κ3) is 4.14. The summed E-state index contributed by atoms with van der Waals surface area (Å²) in [4.78, 5) is 16.7. The SMILES string of the molecule is COc1ccccc1C1(CNC(=O)c2csc(CN)n2)CCCC1.Cl. The molecule has 1 aliphatic carbocycles. The molecule has 0 unspecified atom stereocenters. The van der Waals surface area contributed by atoms with Gasteiger partial charge < -0.3 is 15.8 Å². The number of hydrogen-bond acceptors (Lipinski definition) is 5. The zero-order valence-electron chi connectivity index (χ0n) is 14.3. The number of thiazole rings is 1. The summed E-state index contributed by atoms with van der Waals surface area (Å²) >= 11 is 1.42. The Kier molecular flexibility index (Phi) is 6.81. The summed E-state index contributed by atoms with van der Waals surface area (Å²) in [6.45, 7) is 0.963. The van der Waals surface area contributed by atoms with Crippen LogP contribution in [-0.2, 0) is 12.0 Å². The Morgan fingerprint density at radius 2 is 2.08 bits per heavy atom. The van der Waals surface area contributed by atoms with Crippen molar-refractivity contribution in [2.45, 2.75) is 37.6 Å². The standard InChI is InChI=1S/C18H23N3O2S.ClH/c1-23-15-7-3-2-6-13(15)18(8-4-5-9-18)12-20-17(22)14-11-24-16(10-19)21-14;/h2-3,6-7,11H,4-5,8-10,12,19H2,1H3,(H,20,22);1H. The van der Waals surface area contributed by atoms with Crippen molar-refractivity contribution in [1.82, 2.24) is 10.3 Å². The monoisotopic (exact) mass is 381 g/mol. The minimum absolute atomic E-state index is 0. The zero-order chi connectivity index (χ0) is 17.0. The van der Waals surface area contributed by atoms with Gasteiger partial charge in [0.15, 0.2) is 0 Å². The largest absolute Gasteiger partial charge is 0.496 e. The lowest BCUT2D eigenvalue weighted by Crippen LogP contribution is -2.39. The molecule has 3 N–H and O–H groups in total. The van der Waals surface area contributed by atoms with Gasteiger partial charge in [-0.3, -0.25) is 4.79 Å². The molecule has 3 rings (SSSR count). The van der Waals surface area contributed by atoms with E-state index in [1.54, 1.807) is 12.5 Å². The van der Waals surface area contributed by atoms with Gasteiger partial charge in [-0.2, -0.15) is 0 Å². The number of nitrogens with zero attached hydrogens (tertiary/aromatic N) is 1. The molecule has 0 saturated heterocycles. The maximum atomic E-state index is 12.4. The summed E-state index contributed by atoms with van der Waals surface area (Å²) in [6.07, 6.45) is 4.45. The number of hydrogen-bond donors (Lipinski definition) is 2. The van der Waals surface area contributed by atoms with Crippen molar-refractivity contribution in [3.8, 4) is 5.75 Å². The van der Waals surface area contributed by atoms with Crippen molar-refractivity contribution in [3.05, 3.63) is 45.9 Å². The first-order valence-electron chi connectivity index (χ1n) is 8.25. The second kappa shape index (κ2) is 8.65. The summed E-state index contributed by atoms with van der Waals surface area (Å²) in [7, 11) is 1.70. The lowest BCUT2D eigenvalue weighted by atomic mass is 9.78. The van der Waals surface area contributed by atoms with E-state index in [0.717, 1.165) is 23.6 Å². The molecule has 1 fully saturated rings. The molecule has 0 aliphatic heterocycles. The van der Waals surface area contributed by atoms with Crippen LogP contribution in [0.15, 0.2) is 29.6 Å². The number of nitrogens with two attached hydrogens (primary N) is 1. The van der Waals surface area contributed by atoms with Crippen LogP contribution in [-0.4, -0.2) is 24.5 Å². The second-order valence-corrected chi connectivity index (χ2v) is 7.14. The molecule has 0 spiro atoms. The van der Waals surface area contributed by atoms with E-state index in [4.69, 9.17) is 10.5 Å². The molecule has 1 aliphatic rings. The molecule has 1 saturated carbocycles. The third-order valence-electron chi connectivity index (χ3n) is 4.79. The Labute approximate surface area is 158 Å². The Balaban J connectivity index is 0.00000225. The molecule has 2 aromatic rings. The van der Waals surface area contributed by atoms with Crippen molar-refractivity contribution in [1.29, 1.82) is 0 Å². The van der Waals surface area contributed by atoms with Crippen LogP contribution in [0.5, 0.6) is 5.75 Å². The smallest absolute Gasteiger partial charge is 0.270 e. The van der Waals surface area contributed by atoms with E-state index in [2.05, 4.69) is 16.4 Å². The van der Waals surface area contributed by atoms with Crippen LogP contribution in [0, 0.1) is 0 Å². The summed E-state index contributed by atoms with van der Waals surface area (Å²) < 4.78 is 5.55. The van der Waals surface area contributed by atoms with E-state index in [-0.39, 0.29) is 23.7 Å². The molecule has 0 atom stereocenters. The number of methoxy groups -OCH3 is 1. The number of carbonyl (C=O) groups excluding carboxylic acids is 1. The van der Waals surface area contributed by atoms with Gasteiger partial charge >= 0.3 is 0 Å². The highest BCUT2D eigenvalue weighted by molar-refractivity contribution is 7.09. The number of ether oxygens (including phenoxy) is 1. The average molecular weight is 382 g/mol. The molecule has 0 bridgehead atoms. The van der Waals surface area contributed by atoms with Crippen molar-refractivity contribution in [3.63, 3.8) is 0 Å². The first-order chi connectivity index (χ1) is 11.7. The molecule has 1 amide bonds. The molecule has 1 aromatic carbocycles. The highest BCUT2D eigenvalue weighted by Gasteiger charge is 2.38. The van der Waals surface area contributed by atoms with Gasteiger partial charge in [0, 0.05) is 29.4 Å². The highest BCUT2D eigenvalue weighted by atomic mass is 35.5. The van der Waals surface area contributed by atoms with E-state index < -0.39 is 0 Å². The Bertz CT molecular complexity index is 714. The number of aromatic nitrogens is 1. The van der Waals surface area contributed by atoms with Crippen LogP contribution in [0.3, 0.4) is 0 Å². The topological polar surface area (TPSA) is 77.2 Å². The molecule has 1 heterocycles. The Hall–Kier alpha value is -1.63. The highest BCUT2D eigenvalue weighted by Crippen LogP contribution is 2.44. The number of nitrogens with one attached hydrogen (secondary N) is 1.